The summed E-state index contributed by atoms with van der Waals surface area (Å²) in [6, 6.07) is 5.80. The van der Waals surface area contributed by atoms with Gasteiger partial charge >= 0.3 is 5.69 Å². The van der Waals surface area contributed by atoms with Gasteiger partial charge in [-0.3, -0.25) is 10.1 Å². The monoisotopic (exact) mass is 342 g/mol. The van der Waals surface area contributed by atoms with E-state index in [0.717, 1.165) is 10.0 Å². The van der Waals surface area contributed by atoms with Gasteiger partial charge in [-0.05, 0) is 34.5 Å². The number of aromatic nitrogens is 1. The molecule has 7 heteroatoms. The first kappa shape index (κ1) is 13.8. The molecule has 98 valence electrons. The molecule has 0 bridgehead atoms. The van der Waals surface area contributed by atoms with Crippen molar-refractivity contribution in [1.29, 1.82) is 0 Å². The zero-order chi connectivity index (χ0) is 14.0. The maximum absolute atomic E-state index is 10.9. The van der Waals surface area contributed by atoms with Gasteiger partial charge in [-0.25, -0.2) is 4.98 Å². The van der Waals surface area contributed by atoms with Crippen LogP contribution in [0.2, 0.25) is 5.02 Å². The third-order valence-electron chi connectivity index (χ3n) is 2.35. The van der Waals surface area contributed by atoms with Gasteiger partial charge in [0.2, 0.25) is 11.6 Å². The van der Waals surface area contributed by atoms with Crippen LogP contribution in [0.25, 0.3) is 0 Å². The Balaban J connectivity index is 2.39. The Morgan fingerprint density at radius 1 is 1.42 bits per heavy atom. The van der Waals surface area contributed by atoms with Crippen molar-refractivity contribution in [2.45, 2.75) is 6.92 Å². The molecule has 0 N–H and O–H groups in total. The second kappa shape index (κ2) is 5.54. The van der Waals surface area contributed by atoms with E-state index in [-0.39, 0.29) is 17.3 Å². The average molecular weight is 344 g/mol. The third kappa shape index (κ3) is 3.21. The molecule has 1 aromatic carbocycles. The van der Waals surface area contributed by atoms with Crippen molar-refractivity contribution < 1.29 is 9.66 Å². The summed E-state index contributed by atoms with van der Waals surface area (Å²) in [5.74, 6) is 0.331. The lowest BCUT2D eigenvalue weighted by Crippen LogP contribution is -1.95. The maximum Gasteiger partial charge on any atom is 0.311 e. The van der Waals surface area contributed by atoms with Gasteiger partial charge in [0.05, 0.1) is 4.92 Å². The fourth-order valence-electron chi connectivity index (χ4n) is 1.40. The molecule has 0 unspecified atom stereocenters. The maximum atomic E-state index is 10.9. The summed E-state index contributed by atoms with van der Waals surface area (Å²) in [4.78, 5) is 14.4. The highest BCUT2D eigenvalue weighted by Gasteiger charge is 2.16. The van der Waals surface area contributed by atoms with E-state index < -0.39 is 4.92 Å². The molecule has 2 aromatic rings. The van der Waals surface area contributed by atoms with Crippen molar-refractivity contribution in [1.82, 2.24) is 4.98 Å². The largest absolute Gasteiger partial charge is 0.432 e. The van der Waals surface area contributed by atoms with Crippen molar-refractivity contribution in [2.75, 3.05) is 0 Å². The van der Waals surface area contributed by atoms with Gasteiger partial charge in [0.25, 0.3) is 0 Å². The lowest BCUT2D eigenvalue weighted by atomic mass is 10.3. The Morgan fingerprint density at radius 3 is 2.79 bits per heavy atom. The number of benzene rings is 1. The zero-order valence-electron chi connectivity index (χ0n) is 9.76. The molecule has 0 saturated heterocycles. The number of nitrogens with zero attached hydrogens (tertiary/aromatic N) is 2. The van der Waals surface area contributed by atoms with E-state index in [1.807, 2.05) is 6.92 Å². The normalized spacial score (nSPS) is 10.3. The molecule has 0 atom stereocenters. The Bertz CT molecular complexity index is 649. The zero-order valence-corrected chi connectivity index (χ0v) is 12.1. The number of hydrogen-bond acceptors (Lipinski definition) is 4. The Morgan fingerprint density at radius 2 is 2.16 bits per heavy atom. The first-order valence-electron chi connectivity index (χ1n) is 5.21. The third-order valence-corrected chi connectivity index (χ3v) is 3.42. The predicted molar refractivity (Wildman–Crippen MR) is 74.9 cm³/mol. The highest BCUT2D eigenvalue weighted by molar-refractivity contribution is 9.10. The highest BCUT2D eigenvalue weighted by Crippen LogP contribution is 2.33. The Hall–Kier alpha value is -1.66. The van der Waals surface area contributed by atoms with Crippen molar-refractivity contribution >= 4 is 33.2 Å². The van der Waals surface area contributed by atoms with Crippen molar-refractivity contribution in [2.24, 2.45) is 0 Å². The minimum Gasteiger partial charge on any atom is -0.432 e. The van der Waals surface area contributed by atoms with Crippen LogP contribution in [-0.4, -0.2) is 9.91 Å². The summed E-state index contributed by atoms with van der Waals surface area (Å²) < 4.78 is 6.26. The van der Waals surface area contributed by atoms with E-state index in [9.17, 15) is 10.1 Å². The van der Waals surface area contributed by atoms with Gasteiger partial charge in [0.1, 0.15) is 0 Å². The van der Waals surface area contributed by atoms with Crippen LogP contribution in [0.15, 0.2) is 34.9 Å². The van der Waals surface area contributed by atoms with Crippen LogP contribution in [0.5, 0.6) is 11.6 Å². The molecule has 5 nitrogen and oxygen atoms in total. The quantitative estimate of drug-likeness (QED) is 0.607. The van der Waals surface area contributed by atoms with E-state index >= 15 is 0 Å². The molecule has 2 rings (SSSR count). The minimum absolute atomic E-state index is 0.0618. The summed E-state index contributed by atoms with van der Waals surface area (Å²) in [5, 5.41) is 11.3. The van der Waals surface area contributed by atoms with Gasteiger partial charge in [-0.1, -0.05) is 11.6 Å². The minimum atomic E-state index is -0.530. The van der Waals surface area contributed by atoms with Gasteiger partial charge < -0.3 is 4.74 Å². The second-order valence-corrected chi connectivity index (χ2v) is 5.03. The molecular formula is C12H8BrClN2O3. The van der Waals surface area contributed by atoms with Crippen LogP contribution in [0, 0.1) is 17.0 Å². The number of nitro groups is 1. The SMILES string of the molecule is Cc1cc(Oc2cc(Cl)ccc2[N+](=O)[O-])ncc1Br. The highest BCUT2D eigenvalue weighted by atomic mass is 79.9. The summed E-state index contributed by atoms with van der Waals surface area (Å²) in [7, 11) is 0. The van der Waals surface area contributed by atoms with Crippen molar-refractivity contribution in [3.05, 3.63) is 55.6 Å². The summed E-state index contributed by atoms with van der Waals surface area (Å²) in [6.45, 7) is 1.87. The summed E-state index contributed by atoms with van der Waals surface area (Å²) in [6.07, 6.45) is 1.57. The molecule has 0 amide bonds. The van der Waals surface area contributed by atoms with E-state index in [0.29, 0.717) is 5.02 Å². The van der Waals surface area contributed by atoms with Crippen LogP contribution in [-0.2, 0) is 0 Å². The average Bonchev–Trinajstić information content (AvgIpc) is 2.33. The van der Waals surface area contributed by atoms with E-state index in [1.54, 1.807) is 12.3 Å². The van der Waals surface area contributed by atoms with Crippen LogP contribution in [0.1, 0.15) is 5.56 Å². The van der Waals surface area contributed by atoms with Gasteiger partial charge in [0.15, 0.2) is 0 Å². The lowest BCUT2D eigenvalue weighted by Gasteiger charge is -2.07. The van der Waals surface area contributed by atoms with Gasteiger partial charge in [-0.15, -0.1) is 0 Å². The van der Waals surface area contributed by atoms with Crippen LogP contribution in [0.4, 0.5) is 5.69 Å². The fraction of sp³-hybridized carbons (Fsp3) is 0.0833. The van der Waals surface area contributed by atoms with Gasteiger partial charge in [-0.2, -0.15) is 0 Å². The number of nitro benzene ring substituents is 1. The number of halogens is 2. The topological polar surface area (TPSA) is 65.3 Å². The molecule has 0 aliphatic carbocycles. The van der Waals surface area contributed by atoms with E-state index in [1.165, 1.54) is 18.2 Å². The Kier molecular flexibility index (Phi) is 4.01. The smallest absolute Gasteiger partial charge is 0.311 e. The predicted octanol–water partition coefficient (Wildman–Crippen LogP) is 4.51. The van der Waals surface area contributed by atoms with Crippen LogP contribution in [0.3, 0.4) is 0 Å². The lowest BCUT2D eigenvalue weighted by molar-refractivity contribution is -0.385. The molecule has 0 aliphatic rings. The van der Waals surface area contributed by atoms with Gasteiger partial charge in [0, 0.05) is 33.9 Å². The molecule has 1 aromatic heterocycles. The molecule has 0 aliphatic heterocycles. The first-order valence-corrected chi connectivity index (χ1v) is 6.38. The molecular weight excluding hydrogens is 336 g/mol. The molecule has 0 spiro atoms. The number of ether oxygens (including phenoxy) is 1. The van der Waals surface area contributed by atoms with E-state index in [4.69, 9.17) is 16.3 Å². The fourth-order valence-corrected chi connectivity index (χ4v) is 1.78. The van der Waals surface area contributed by atoms with Crippen LogP contribution < -0.4 is 4.74 Å². The second-order valence-electron chi connectivity index (χ2n) is 3.74. The van der Waals surface area contributed by atoms with Crippen LogP contribution >= 0.6 is 27.5 Å². The number of hydrogen-bond donors (Lipinski definition) is 0. The molecule has 0 fully saturated rings. The standard InChI is InChI=1S/C12H8BrClN2O3/c1-7-4-12(15-6-9(7)13)19-11-5-8(14)2-3-10(11)16(17)18/h2-6H,1H3. The summed E-state index contributed by atoms with van der Waals surface area (Å²) >= 11 is 9.13. The first-order chi connectivity index (χ1) is 8.97. The number of pyridine rings is 1. The Labute approximate surface area is 122 Å². The summed E-state index contributed by atoms with van der Waals surface area (Å²) in [5.41, 5.74) is 0.751. The number of aryl methyl sites for hydroxylation is 1. The molecule has 0 saturated carbocycles. The molecule has 19 heavy (non-hydrogen) atoms. The number of rotatable bonds is 3. The van der Waals surface area contributed by atoms with Crippen molar-refractivity contribution in [3.8, 4) is 11.6 Å². The molecule has 1 heterocycles. The van der Waals surface area contributed by atoms with Crippen molar-refractivity contribution in [3.63, 3.8) is 0 Å². The van der Waals surface area contributed by atoms with E-state index in [2.05, 4.69) is 20.9 Å². The molecule has 0 radical (unpaired) electrons.